The summed E-state index contributed by atoms with van der Waals surface area (Å²) in [5, 5.41) is 4.16. The number of benzene rings is 1. The quantitative estimate of drug-likeness (QED) is 0.847. The highest BCUT2D eigenvalue weighted by Crippen LogP contribution is 2.27. The van der Waals surface area contributed by atoms with Gasteiger partial charge in [-0.25, -0.2) is 0 Å². The Morgan fingerprint density at radius 3 is 2.71 bits per heavy atom. The van der Waals surface area contributed by atoms with Crippen LogP contribution in [0, 0.1) is 0 Å². The van der Waals surface area contributed by atoms with Gasteiger partial charge in [0.15, 0.2) is 0 Å². The Kier molecular flexibility index (Phi) is 5.29. The van der Waals surface area contributed by atoms with Crippen LogP contribution in [0.1, 0.15) is 27.2 Å². The van der Waals surface area contributed by atoms with Crippen LogP contribution >= 0.6 is 27.5 Å². The molecule has 1 unspecified atom stereocenters. The first-order valence-electron chi connectivity index (χ1n) is 5.61. The predicted octanol–water partition coefficient (Wildman–Crippen LogP) is 4.72. The first-order valence-corrected chi connectivity index (χ1v) is 6.78. The SMILES string of the molecule is COC(C)(C)CC(C)Nc1cc(Cl)ccc1Br. The number of methoxy groups -OCH3 is 1. The molecule has 1 rings (SSSR count). The second-order valence-corrected chi connectivity index (χ2v) is 6.13. The van der Waals surface area contributed by atoms with Gasteiger partial charge in [0, 0.05) is 22.6 Å². The van der Waals surface area contributed by atoms with Crippen LogP contribution in [0.15, 0.2) is 22.7 Å². The molecule has 0 saturated heterocycles. The molecule has 0 heterocycles. The van der Waals surface area contributed by atoms with Gasteiger partial charge in [-0.1, -0.05) is 11.6 Å². The summed E-state index contributed by atoms with van der Waals surface area (Å²) in [5.41, 5.74) is 0.884. The van der Waals surface area contributed by atoms with E-state index < -0.39 is 0 Å². The van der Waals surface area contributed by atoms with Gasteiger partial charge in [-0.15, -0.1) is 0 Å². The first-order chi connectivity index (χ1) is 7.84. The van der Waals surface area contributed by atoms with E-state index in [0.29, 0.717) is 6.04 Å². The zero-order valence-electron chi connectivity index (χ0n) is 10.7. The molecule has 0 amide bonds. The molecule has 96 valence electrons. The van der Waals surface area contributed by atoms with Gasteiger partial charge in [-0.2, -0.15) is 0 Å². The summed E-state index contributed by atoms with van der Waals surface area (Å²) in [6.07, 6.45) is 0.919. The standard InChI is InChI=1S/C13H19BrClNO/c1-9(8-13(2,3)17-4)16-12-7-10(15)5-6-11(12)14/h5-7,9,16H,8H2,1-4H3. The van der Waals surface area contributed by atoms with E-state index in [0.717, 1.165) is 21.6 Å². The summed E-state index contributed by atoms with van der Waals surface area (Å²) in [5.74, 6) is 0. The number of hydrogen-bond donors (Lipinski definition) is 1. The molecule has 1 aromatic rings. The molecular formula is C13H19BrClNO. The Labute approximate surface area is 117 Å². The number of hydrogen-bond acceptors (Lipinski definition) is 2. The van der Waals surface area contributed by atoms with Crippen LogP contribution < -0.4 is 5.32 Å². The Morgan fingerprint density at radius 1 is 1.47 bits per heavy atom. The van der Waals surface area contributed by atoms with E-state index in [1.165, 1.54) is 0 Å². The monoisotopic (exact) mass is 319 g/mol. The molecule has 0 aliphatic carbocycles. The molecule has 0 bridgehead atoms. The number of ether oxygens (including phenoxy) is 1. The fourth-order valence-corrected chi connectivity index (χ4v) is 2.28. The zero-order chi connectivity index (χ0) is 13.1. The second kappa shape index (κ2) is 6.07. The third kappa shape index (κ3) is 4.86. The van der Waals surface area contributed by atoms with Gasteiger partial charge in [-0.05, 0) is 61.3 Å². The molecule has 0 fully saturated rings. The first kappa shape index (κ1) is 14.8. The van der Waals surface area contributed by atoms with Crippen LogP contribution in [0.25, 0.3) is 0 Å². The van der Waals surface area contributed by atoms with Crippen molar-refractivity contribution >= 4 is 33.2 Å². The van der Waals surface area contributed by atoms with Gasteiger partial charge >= 0.3 is 0 Å². The molecule has 1 atom stereocenters. The third-order valence-corrected chi connectivity index (χ3v) is 3.61. The predicted molar refractivity (Wildman–Crippen MR) is 77.9 cm³/mol. The van der Waals surface area contributed by atoms with E-state index >= 15 is 0 Å². The summed E-state index contributed by atoms with van der Waals surface area (Å²) in [7, 11) is 1.74. The molecule has 0 radical (unpaired) electrons. The molecule has 1 N–H and O–H groups in total. The summed E-state index contributed by atoms with van der Waals surface area (Å²) >= 11 is 9.48. The molecule has 1 aromatic carbocycles. The highest BCUT2D eigenvalue weighted by Gasteiger charge is 2.20. The van der Waals surface area contributed by atoms with E-state index in [-0.39, 0.29) is 5.60 Å². The largest absolute Gasteiger partial charge is 0.382 e. The van der Waals surface area contributed by atoms with E-state index in [1.807, 2.05) is 18.2 Å². The van der Waals surface area contributed by atoms with E-state index in [4.69, 9.17) is 16.3 Å². The third-order valence-electron chi connectivity index (χ3n) is 2.68. The minimum atomic E-state index is -0.128. The van der Waals surface area contributed by atoms with Crippen LogP contribution in [-0.4, -0.2) is 18.8 Å². The van der Waals surface area contributed by atoms with Crippen LogP contribution in [0.3, 0.4) is 0 Å². The van der Waals surface area contributed by atoms with Crippen molar-refractivity contribution in [3.63, 3.8) is 0 Å². The maximum Gasteiger partial charge on any atom is 0.0642 e. The summed E-state index contributed by atoms with van der Waals surface area (Å²) in [6, 6.07) is 6.03. The fourth-order valence-electron chi connectivity index (χ4n) is 1.75. The minimum absolute atomic E-state index is 0.128. The van der Waals surface area contributed by atoms with Crippen molar-refractivity contribution < 1.29 is 4.74 Å². The highest BCUT2D eigenvalue weighted by molar-refractivity contribution is 9.10. The molecule has 17 heavy (non-hydrogen) atoms. The van der Waals surface area contributed by atoms with Crippen LogP contribution in [0.4, 0.5) is 5.69 Å². The van der Waals surface area contributed by atoms with E-state index in [1.54, 1.807) is 7.11 Å². The normalized spacial score (nSPS) is 13.5. The van der Waals surface area contributed by atoms with Crippen molar-refractivity contribution in [2.45, 2.75) is 38.8 Å². The lowest BCUT2D eigenvalue weighted by molar-refractivity contribution is 0.0128. The Morgan fingerprint density at radius 2 is 2.12 bits per heavy atom. The van der Waals surface area contributed by atoms with Crippen molar-refractivity contribution in [3.05, 3.63) is 27.7 Å². The zero-order valence-corrected chi connectivity index (χ0v) is 13.0. The van der Waals surface area contributed by atoms with Gasteiger partial charge < -0.3 is 10.1 Å². The molecule has 0 aromatic heterocycles. The van der Waals surface area contributed by atoms with Crippen LogP contribution in [0.2, 0.25) is 5.02 Å². The molecule has 0 saturated carbocycles. The molecule has 2 nitrogen and oxygen atoms in total. The lowest BCUT2D eigenvalue weighted by atomic mass is 10.00. The molecule has 0 spiro atoms. The lowest BCUT2D eigenvalue weighted by Gasteiger charge is -2.27. The van der Waals surface area contributed by atoms with E-state index in [2.05, 4.69) is 42.0 Å². The maximum atomic E-state index is 5.98. The molecule has 0 aliphatic rings. The topological polar surface area (TPSA) is 21.3 Å². The van der Waals surface area contributed by atoms with Crippen LogP contribution in [0.5, 0.6) is 0 Å². The van der Waals surface area contributed by atoms with Crippen LogP contribution in [-0.2, 0) is 4.74 Å². The number of halogens is 2. The van der Waals surface area contributed by atoms with Gasteiger partial charge in [-0.3, -0.25) is 0 Å². The van der Waals surface area contributed by atoms with Crippen molar-refractivity contribution in [1.29, 1.82) is 0 Å². The lowest BCUT2D eigenvalue weighted by Crippen LogP contribution is -2.31. The summed E-state index contributed by atoms with van der Waals surface area (Å²) in [6.45, 7) is 6.30. The Balaban J connectivity index is 2.68. The van der Waals surface area contributed by atoms with Gasteiger partial charge in [0.2, 0.25) is 0 Å². The van der Waals surface area contributed by atoms with E-state index in [9.17, 15) is 0 Å². The summed E-state index contributed by atoms with van der Waals surface area (Å²) < 4.78 is 6.44. The molecule has 0 aliphatic heterocycles. The van der Waals surface area contributed by atoms with Crippen molar-refractivity contribution in [1.82, 2.24) is 0 Å². The van der Waals surface area contributed by atoms with Crippen molar-refractivity contribution in [2.24, 2.45) is 0 Å². The van der Waals surface area contributed by atoms with Gasteiger partial charge in [0.05, 0.1) is 11.3 Å². The van der Waals surface area contributed by atoms with Gasteiger partial charge in [0.1, 0.15) is 0 Å². The Hall–Kier alpha value is -0.250. The smallest absolute Gasteiger partial charge is 0.0642 e. The average molecular weight is 321 g/mol. The van der Waals surface area contributed by atoms with Gasteiger partial charge in [0.25, 0.3) is 0 Å². The average Bonchev–Trinajstić information content (AvgIpc) is 2.23. The maximum absolute atomic E-state index is 5.98. The summed E-state index contributed by atoms with van der Waals surface area (Å²) in [4.78, 5) is 0. The minimum Gasteiger partial charge on any atom is -0.382 e. The molecular weight excluding hydrogens is 302 g/mol. The number of rotatable bonds is 5. The highest BCUT2D eigenvalue weighted by atomic mass is 79.9. The second-order valence-electron chi connectivity index (χ2n) is 4.84. The number of anilines is 1. The molecule has 4 heteroatoms. The fraction of sp³-hybridized carbons (Fsp3) is 0.538. The van der Waals surface area contributed by atoms with Crippen molar-refractivity contribution in [2.75, 3.05) is 12.4 Å². The van der Waals surface area contributed by atoms with Crippen molar-refractivity contribution in [3.8, 4) is 0 Å². The Bertz CT molecular complexity index is 382. The number of nitrogens with one attached hydrogen (secondary N) is 1.